The topological polar surface area (TPSA) is 20.2 Å². The van der Waals surface area contributed by atoms with E-state index in [1.807, 2.05) is 43.7 Å². The molecular formula is C14H15ClOS. The fourth-order valence-corrected chi connectivity index (χ4v) is 3.02. The van der Waals surface area contributed by atoms with Gasteiger partial charge in [-0.05, 0) is 59.9 Å². The summed E-state index contributed by atoms with van der Waals surface area (Å²) >= 11 is 7.81. The maximum atomic E-state index is 10.4. The van der Waals surface area contributed by atoms with Gasteiger partial charge in [0, 0.05) is 10.6 Å². The molecule has 17 heavy (non-hydrogen) atoms. The molecule has 90 valence electrons. The molecule has 0 saturated heterocycles. The van der Waals surface area contributed by atoms with E-state index in [9.17, 15) is 5.11 Å². The van der Waals surface area contributed by atoms with Gasteiger partial charge in [0.05, 0.1) is 0 Å². The van der Waals surface area contributed by atoms with Crippen LogP contribution >= 0.6 is 22.9 Å². The van der Waals surface area contributed by atoms with Crippen LogP contribution in [0.1, 0.15) is 33.9 Å². The molecule has 1 aromatic heterocycles. The minimum Gasteiger partial charge on any atom is -0.384 e. The second-order valence-electron chi connectivity index (χ2n) is 4.37. The summed E-state index contributed by atoms with van der Waals surface area (Å²) in [5.41, 5.74) is 5.14. The molecule has 2 aromatic rings. The molecule has 1 nitrogen and oxygen atoms in total. The first kappa shape index (κ1) is 12.6. The molecule has 0 saturated carbocycles. The van der Waals surface area contributed by atoms with E-state index >= 15 is 0 Å². The Hall–Kier alpha value is -0.830. The zero-order chi connectivity index (χ0) is 12.6. The van der Waals surface area contributed by atoms with Crippen molar-refractivity contribution in [1.82, 2.24) is 0 Å². The van der Waals surface area contributed by atoms with Gasteiger partial charge in [0.1, 0.15) is 6.10 Å². The average Bonchev–Trinajstić information content (AvgIpc) is 2.69. The summed E-state index contributed by atoms with van der Waals surface area (Å²) in [6, 6.07) is 3.89. The summed E-state index contributed by atoms with van der Waals surface area (Å²) in [5, 5.41) is 15.0. The van der Waals surface area contributed by atoms with E-state index in [1.165, 1.54) is 0 Å². The highest BCUT2D eigenvalue weighted by Gasteiger charge is 2.17. The summed E-state index contributed by atoms with van der Waals surface area (Å²) in [6.45, 7) is 6.06. The Bertz CT molecular complexity index is 545. The number of aliphatic hydroxyl groups is 1. The fraction of sp³-hybridized carbons (Fsp3) is 0.286. The van der Waals surface area contributed by atoms with Crippen LogP contribution in [-0.2, 0) is 0 Å². The van der Waals surface area contributed by atoms with Crippen LogP contribution in [0.15, 0.2) is 22.9 Å². The molecule has 0 spiro atoms. The summed E-state index contributed by atoms with van der Waals surface area (Å²) in [4.78, 5) is 0. The van der Waals surface area contributed by atoms with Gasteiger partial charge >= 0.3 is 0 Å². The van der Waals surface area contributed by atoms with E-state index in [-0.39, 0.29) is 0 Å². The first-order valence-corrected chi connectivity index (χ1v) is 6.80. The summed E-state index contributed by atoms with van der Waals surface area (Å²) in [5.74, 6) is 0. The van der Waals surface area contributed by atoms with Gasteiger partial charge in [-0.1, -0.05) is 17.7 Å². The van der Waals surface area contributed by atoms with Gasteiger partial charge in [-0.15, -0.1) is 0 Å². The lowest BCUT2D eigenvalue weighted by atomic mass is 9.97. The van der Waals surface area contributed by atoms with Crippen molar-refractivity contribution < 1.29 is 5.11 Å². The van der Waals surface area contributed by atoms with Gasteiger partial charge in [-0.3, -0.25) is 0 Å². The van der Waals surface area contributed by atoms with Crippen molar-refractivity contribution in [3.05, 3.63) is 55.7 Å². The van der Waals surface area contributed by atoms with E-state index < -0.39 is 6.10 Å². The van der Waals surface area contributed by atoms with Crippen LogP contribution < -0.4 is 0 Å². The van der Waals surface area contributed by atoms with Crippen molar-refractivity contribution in [3.8, 4) is 0 Å². The lowest BCUT2D eigenvalue weighted by Crippen LogP contribution is -2.02. The smallest absolute Gasteiger partial charge is 0.107 e. The number of aryl methyl sites for hydroxylation is 3. The Kier molecular flexibility index (Phi) is 3.57. The predicted octanol–water partition coefficient (Wildman–Crippen LogP) is 4.41. The lowest BCUT2D eigenvalue weighted by molar-refractivity contribution is 0.220. The van der Waals surface area contributed by atoms with Gasteiger partial charge in [0.25, 0.3) is 0 Å². The van der Waals surface area contributed by atoms with E-state index in [2.05, 4.69) is 0 Å². The lowest BCUT2D eigenvalue weighted by Gasteiger charge is -2.15. The van der Waals surface area contributed by atoms with E-state index in [1.54, 1.807) is 11.3 Å². The first-order chi connectivity index (χ1) is 8.00. The highest BCUT2D eigenvalue weighted by Crippen LogP contribution is 2.33. The average molecular weight is 267 g/mol. The molecule has 0 radical (unpaired) electrons. The van der Waals surface area contributed by atoms with E-state index in [0.717, 1.165) is 27.8 Å². The highest BCUT2D eigenvalue weighted by atomic mass is 35.5. The van der Waals surface area contributed by atoms with Crippen LogP contribution in [-0.4, -0.2) is 5.11 Å². The van der Waals surface area contributed by atoms with Gasteiger partial charge in [-0.25, -0.2) is 0 Å². The Labute approximate surface area is 111 Å². The van der Waals surface area contributed by atoms with Crippen molar-refractivity contribution in [3.63, 3.8) is 0 Å². The van der Waals surface area contributed by atoms with E-state index in [0.29, 0.717) is 5.02 Å². The molecule has 0 amide bonds. The van der Waals surface area contributed by atoms with Crippen LogP contribution in [0.2, 0.25) is 5.02 Å². The highest BCUT2D eigenvalue weighted by molar-refractivity contribution is 7.08. The number of halogens is 1. The number of aliphatic hydroxyl groups excluding tert-OH is 1. The molecule has 3 heteroatoms. The number of thiophene rings is 1. The molecule has 1 atom stereocenters. The zero-order valence-corrected chi connectivity index (χ0v) is 11.7. The Morgan fingerprint density at radius 2 is 1.65 bits per heavy atom. The van der Waals surface area contributed by atoms with Gasteiger partial charge in [0.15, 0.2) is 0 Å². The maximum absolute atomic E-state index is 10.4. The predicted molar refractivity (Wildman–Crippen MR) is 74.0 cm³/mol. The van der Waals surface area contributed by atoms with Crippen LogP contribution in [0.25, 0.3) is 0 Å². The molecule has 2 rings (SSSR count). The molecule has 0 aliphatic heterocycles. The van der Waals surface area contributed by atoms with Gasteiger partial charge in [-0.2, -0.15) is 11.3 Å². The number of hydrogen-bond donors (Lipinski definition) is 1. The quantitative estimate of drug-likeness (QED) is 0.854. The molecule has 0 bridgehead atoms. The Balaban J connectivity index is 2.48. The van der Waals surface area contributed by atoms with Gasteiger partial charge < -0.3 is 5.11 Å². The van der Waals surface area contributed by atoms with Gasteiger partial charge in [0.2, 0.25) is 0 Å². The van der Waals surface area contributed by atoms with Crippen LogP contribution in [0, 0.1) is 20.8 Å². The SMILES string of the molecule is Cc1cc(Cl)c(C(O)c2cscc2C)cc1C. The third-order valence-corrected chi connectivity index (χ3v) is 4.30. The zero-order valence-electron chi connectivity index (χ0n) is 10.1. The van der Waals surface area contributed by atoms with Crippen molar-refractivity contribution >= 4 is 22.9 Å². The molecule has 1 N–H and O–H groups in total. The molecule has 0 aliphatic rings. The van der Waals surface area contributed by atoms with Crippen LogP contribution in [0.3, 0.4) is 0 Å². The second-order valence-corrected chi connectivity index (χ2v) is 5.52. The molecule has 1 heterocycles. The Morgan fingerprint density at radius 1 is 1.00 bits per heavy atom. The second kappa shape index (κ2) is 4.81. The number of rotatable bonds is 2. The van der Waals surface area contributed by atoms with Crippen LogP contribution in [0.5, 0.6) is 0 Å². The maximum Gasteiger partial charge on any atom is 0.107 e. The fourth-order valence-electron chi connectivity index (χ4n) is 1.83. The summed E-state index contributed by atoms with van der Waals surface area (Å²) in [7, 11) is 0. The standard InChI is InChI=1S/C14H15ClOS/c1-8-4-11(13(15)5-9(8)2)14(16)12-7-17-6-10(12)3/h4-7,14,16H,1-3H3. The minimum absolute atomic E-state index is 0.631. The molecule has 0 fully saturated rings. The van der Waals surface area contributed by atoms with Crippen molar-refractivity contribution in [2.24, 2.45) is 0 Å². The monoisotopic (exact) mass is 266 g/mol. The van der Waals surface area contributed by atoms with E-state index in [4.69, 9.17) is 11.6 Å². The number of benzene rings is 1. The molecule has 1 unspecified atom stereocenters. The normalized spacial score (nSPS) is 12.8. The molecular weight excluding hydrogens is 252 g/mol. The third kappa shape index (κ3) is 2.39. The van der Waals surface area contributed by atoms with Crippen molar-refractivity contribution in [2.45, 2.75) is 26.9 Å². The molecule has 0 aliphatic carbocycles. The molecule has 1 aromatic carbocycles. The summed E-state index contributed by atoms with van der Waals surface area (Å²) < 4.78 is 0. The minimum atomic E-state index is -0.631. The first-order valence-electron chi connectivity index (χ1n) is 5.48. The largest absolute Gasteiger partial charge is 0.384 e. The Morgan fingerprint density at radius 3 is 2.24 bits per heavy atom. The summed E-state index contributed by atoms with van der Waals surface area (Å²) in [6.07, 6.45) is -0.631. The van der Waals surface area contributed by atoms with Crippen LogP contribution in [0.4, 0.5) is 0 Å². The number of hydrogen-bond acceptors (Lipinski definition) is 2. The third-order valence-electron chi connectivity index (χ3n) is 3.10. The van der Waals surface area contributed by atoms with Crippen molar-refractivity contribution in [2.75, 3.05) is 0 Å². The van der Waals surface area contributed by atoms with Crippen molar-refractivity contribution in [1.29, 1.82) is 0 Å².